The second-order valence-electron chi connectivity index (χ2n) is 12.1. The second-order valence-corrected chi connectivity index (χ2v) is 12.1. The Morgan fingerprint density at radius 3 is 1.26 bits per heavy atom. The molecule has 0 bridgehead atoms. The number of carbonyl (C=O) groups excluding carboxylic acids is 2. The number of aromatic nitrogens is 2. The molecule has 2 aromatic heterocycles. The smallest absolute Gasteiger partial charge is 0.219 e. The number of rotatable bonds is 8. The van der Waals surface area contributed by atoms with Gasteiger partial charge in [-0.25, -0.2) is 20.0 Å². The molecule has 0 unspecified atom stereocenters. The predicted octanol–water partition coefficient (Wildman–Crippen LogP) is 6.33. The number of aliphatic imine (C=N–C) groups is 2. The maximum atomic E-state index is 11.4. The van der Waals surface area contributed by atoms with Gasteiger partial charge in [0, 0.05) is 60.6 Å². The van der Waals surface area contributed by atoms with Crippen LogP contribution in [0.5, 0.6) is 0 Å². The predicted molar refractivity (Wildman–Crippen MR) is 210 cm³/mol. The van der Waals surface area contributed by atoms with Crippen molar-refractivity contribution in [1.82, 2.24) is 9.97 Å². The lowest BCUT2D eigenvalue weighted by Gasteiger charge is -2.24. The summed E-state index contributed by atoms with van der Waals surface area (Å²) in [5.74, 6) is 0.779. The van der Waals surface area contributed by atoms with Gasteiger partial charge in [0.2, 0.25) is 11.8 Å². The number of pyridine rings is 2. The van der Waals surface area contributed by atoms with Crippen molar-refractivity contribution in [2.45, 2.75) is 12.8 Å². The first kappa shape index (κ1) is 35.8. The van der Waals surface area contributed by atoms with Crippen molar-refractivity contribution in [3.05, 3.63) is 168 Å². The van der Waals surface area contributed by atoms with Crippen LogP contribution in [0.1, 0.15) is 35.1 Å². The molecule has 4 aromatic carbocycles. The summed E-state index contributed by atoms with van der Waals surface area (Å²) in [5.41, 5.74) is 20.1. The van der Waals surface area contributed by atoms with Gasteiger partial charge in [-0.15, -0.1) is 0 Å². The van der Waals surface area contributed by atoms with Gasteiger partial charge in [-0.1, -0.05) is 97.1 Å². The number of nitrogens with two attached hydrogens (primary N) is 2. The molecule has 11 heteroatoms. The topological polar surface area (TPSA) is 175 Å². The molecular weight excluding hydrogens is 665 g/mol. The average Bonchev–Trinajstić information content (AvgIpc) is 3.42. The molecule has 53 heavy (non-hydrogen) atoms. The lowest BCUT2D eigenvalue weighted by Crippen LogP contribution is -2.25. The Morgan fingerprint density at radius 2 is 0.868 bits per heavy atom. The van der Waals surface area contributed by atoms with E-state index in [0.717, 1.165) is 68.1 Å². The van der Waals surface area contributed by atoms with Gasteiger partial charge in [-0.3, -0.25) is 9.59 Å². The van der Waals surface area contributed by atoms with Crippen molar-refractivity contribution in [3.63, 3.8) is 0 Å². The van der Waals surface area contributed by atoms with Crippen LogP contribution in [0.25, 0.3) is 0 Å². The van der Waals surface area contributed by atoms with Gasteiger partial charge in [0.25, 0.3) is 0 Å². The van der Waals surface area contributed by atoms with Crippen LogP contribution in [0.3, 0.4) is 0 Å². The fraction of sp³-hybridized carbons (Fsp3) is 0.0952. The van der Waals surface area contributed by atoms with E-state index in [1.54, 1.807) is 12.4 Å². The normalized spacial score (nSPS) is 12.4. The van der Waals surface area contributed by atoms with E-state index in [2.05, 4.69) is 9.97 Å². The number of anilines is 4. The summed E-state index contributed by atoms with van der Waals surface area (Å²) in [6.45, 7) is 0.905. The fourth-order valence-electron chi connectivity index (χ4n) is 6.30. The Labute approximate surface area is 307 Å². The molecule has 0 radical (unpaired) electrons. The third kappa shape index (κ3) is 7.85. The Morgan fingerprint density at radius 1 is 0.491 bits per heavy atom. The number of primary amides is 2. The van der Waals surface area contributed by atoms with Crippen molar-refractivity contribution in [2.75, 3.05) is 22.9 Å². The summed E-state index contributed by atoms with van der Waals surface area (Å²) in [4.78, 5) is 45.7. The molecule has 4 heterocycles. The van der Waals surface area contributed by atoms with Gasteiger partial charge >= 0.3 is 0 Å². The van der Waals surface area contributed by atoms with Gasteiger partial charge in [0.15, 0.2) is 11.6 Å². The molecule has 11 nitrogen and oxygen atoms in total. The van der Waals surface area contributed by atoms with Crippen LogP contribution in [0.4, 0.5) is 34.4 Å². The number of carbonyl (C=O) groups is 2. The molecule has 0 saturated carbocycles. The molecule has 6 aromatic rings. The molecule has 6 N–H and O–H groups in total. The van der Waals surface area contributed by atoms with E-state index in [1.165, 1.54) is 0 Å². The van der Waals surface area contributed by atoms with E-state index < -0.39 is 0 Å². The highest BCUT2D eigenvalue weighted by Gasteiger charge is 2.26. The van der Waals surface area contributed by atoms with Crippen LogP contribution in [0.2, 0.25) is 0 Å². The van der Waals surface area contributed by atoms with Crippen LogP contribution >= 0.6 is 0 Å². The van der Waals surface area contributed by atoms with Gasteiger partial charge in [0.1, 0.15) is 11.4 Å². The third-order valence-corrected chi connectivity index (χ3v) is 8.67. The number of fused-ring (bicyclic) bond motifs is 4. The Bertz CT molecular complexity index is 2130. The summed E-state index contributed by atoms with van der Waals surface area (Å²) < 4.78 is 0. The average molecular weight is 703 g/mol. The first-order valence-electron chi connectivity index (χ1n) is 17.0. The Kier molecular flexibility index (Phi) is 11.1. The summed E-state index contributed by atoms with van der Waals surface area (Å²) in [6, 6.07) is 43.9. The summed E-state index contributed by atoms with van der Waals surface area (Å²) >= 11 is 0. The van der Waals surface area contributed by atoms with Crippen LogP contribution in [-0.4, -0.2) is 51.8 Å². The lowest BCUT2D eigenvalue weighted by molar-refractivity contribution is -0.118. The molecule has 264 valence electrons. The van der Waals surface area contributed by atoms with Crippen molar-refractivity contribution >= 4 is 57.6 Å². The van der Waals surface area contributed by atoms with Gasteiger partial charge in [-0.05, 0) is 36.4 Å². The van der Waals surface area contributed by atoms with Crippen LogP contribution in [0.15, 0.2) is 156 Å². The highest BCUT2D eigenvalue weighted by molar-refractivity contribution is 6.19. The molecule has 0 aliphatic carbocycles. The van der Waals surface area contributed by atoms with E-state index >= 15 is 0 Å². The largest absolute Gasteiger partial charge is 0.412 e. The van der Waals surface area contributed by atoms with Crippen molar-refractivity contribution in [3.8, 4) is 0 Å². The standard InChI is InChI=1S/2C21H18N4O.H2O/c2*22-19(26)12-14-25-18-11-5-4-9-16(18)20(15-7-2-1-3-8-15)24-17-10-6-13-23-21(17)25;/h2*1-11,13H,12,14H2,(H2,22,26);1H2. The molecule has 0 spiro atoms. The minimum atomic E-state index is -0.339. The highest BCUT2D eigenvalue weighted by Crippen LogP contribution is 2.40. The van der Waals surface area contributed by atoms with Gasteiger partial charge < -0.3 is 26.7 Å². The highest BCUT2D eigenvalue weighted by atomic mass is 16.1. The first-order chi connectivity index (χ1) is 25.5. The van der Waals surface area contributed by atoms with E-state index in [4.69, 9.17) is 21.5 Å². The molecule has 0 saturated heterocycles. The Hall–Kier alpha value is -6.98. The zero-order valence-electron chi connectivity index (χ0n) is 28.8. The second kappa shape index (κ2) is 16.4. The molecule has 0 fully saturated rings. The van der Waals surface area contributed by atoms with Crippen LogP contribution in [-0.2, 0) is 9.59 Å². The third-order valence-electron chi connectivity index (χ3n) is 8.67. The maximum absolute atomic E-state index is 11.4. The Balaban J connectivity index is 0.000000178. The van der Waals surface area contributed by atoms with Crippen molar-refractivity contribution < 1.29 is 15.1 Å². The summed E-state index contributed by atoms with van der Waals surface area (Å²) in [6.07, 6.45) is 3.96. The zero-order chi connectivity index (χ0) is 35.9. The zero-order valence-corrected chi connectivity index (χ0v) is 28.8. The van der Waals surface area contributed by atoms with E-state index in [9.17, 15) is 9.59 Å². The van der Waals surface area contributed by atoms with Crippen LogP contribution < -0.4 is 21.3 Å². The van der Waals surface area contributed by atoms with Crippen molar-refractivity contribution in [1.29, 1.82) is 0 Å². The summed E-state index contributed by atoms with van der Waals surface area (Å²) in [5, 5.41) is 0. The quantitative estimate of drug-likeness (QED) is 0.187. The monoisotopic (exact) mass is 702 g/mol. The number of benzene rings is 4. The minimum Gasteiger partial charge on any atom is -0.412 e. The molecule has 8 rings (SSSR count). The fourth-order valence-corrected chi connectivity index (χ4v) is 6.30. The van der Waals surface area contributed by atoms with Crippen molar-refractivity contribution in [2.24, 2.45) is 21.5 Å². The lowest BCUT2D eigenvalue weighted by atomic mass is 10.00. The number of hydrogen-bond donors (Lipinski definition) is 2. The van der Waals surface area contributed by atoms with E-state index in [-0.39, 0.29) is 30.1 Å². The number of nitrogens with zero attached hydrogens (tertiary/aromatic N) is 6. The van der Waals surface area contributed by atoms with E-state index in [0.29, 0.717) is 13.1 Å². The number of amides is 2. The molecule has 2 aliphatic rings. The first-order valence-corrected chi connectivity index (χ1v) is 17.0. The molecule has 0 atom stereocenters. The minimum absolute atomic E-state index is 0. The van der Waals surface area contributed by atoms with E-state index in [1.807, 2.05) is 143 Å². The number of hydrogen-bond acceptors (Lipinski definition) is 8. The SMILES string of the molecule is NC(=O)CCN1c2ccccc2C(c2ccccc2)=Nc2cccnc21.NC(=O)CCN1c2ccccc2C(c2ccccc2)=Nc2cccnc21.O. The molecule has 2 amide bonds. The summed E-state index contributed by atoms with van der Waals surface area (Å²) in [7, 11) is 0. The molecular formula is C42H38N8O3. The van der Waals surface area contributed by atoms with Crippen LogP contribution in [0, 0.1) is 0 Å². The molecule has 2 aliphatic heterocycles. The number of para-hydroxylation sites is 2. The van der Waals surface area contributed by atoms with Gasteiger partial charge in [-0.2, -0.15) is 0 Å². The maximum Gasteiger partial charge on any atom is 0.219 e. The van der Waals surface area contributed by atoms with Gasteiger partial charge in [0.05, 0.1) is 22.8 Å².